The number of benzene rings is 1. The third-order valence-electron chi connectivity index (χ3n) is 4.18. The van der Waals surface area contributed by atoms with Crippen molar-refractivity contribution in [2.75, 3.05) is 32.8 Å². The lowest BCUT2D eigenvalue weighted by Gasteiger charge is -2.43. The molecule has 0 aliphatic heterocycles. The van der Waals surface area contributed by atoms with Gasteiger partial charge in [0, 0.05) is 25.2 Å². The Morgan fingerprint density at radius 2 is 1.85 bits per heavy atom. The summed E-state index contributed by atoms with van der Waals surface area (Å²) in [6.45, 7) is 10.7. The van der Waals surface area contributed by atoms with Gasteiger partial charge in [-0.15, -0.1) is 0 Å². The Balaban J connectivity index is 2.82. The Labute approximate surface area is 124 Å². The minimum absolute atomic E-state index is 0.0349. The molecule has 3 nitrogen and oxygen atoms in total. The van der Waals surface area contributed by atoms with E-state index in [0.29, 0.717) is 6.54 Å². The highest BCUT2D eigenvalue weighted by molar-refractivity contribution is 5.18. The summed E-state index contributed by atoms with van der Waals surface area (Å²) in [5, 5.41) is 0. The zero-order valence-electron chi connectivity index (χ0n) is 13.3. The van der Waals surface area contributed by atoms with Crippen molar-refractivity contribution in [2.24, 2.45) is 5.73 Å². The molecule has 0 heterocycles. The predicted octanol–water partition coefficient (Wildman–Crippen LogP) is 2.70. The quantitative estimate of drug-likeness (QED) is 0.669. The smallest absolute Gasteiger partial charge is 0.0593 e. The number of hydrogen-bond acceptors (Lipinski definition) is 3. The Bertz CT molecular complexity index is 349. The van der Waals surface area contributed by atoms with Crippen molar-refractivity contribution in [3.8, 4) is 0 Å². The predicted molar refractivity (Wildman–Crippen MR) is 86.0 cm³/mol. The second kappa shape index (κ2) is 9.11. The maximum Gasteiger partial charge on any atom is 0.0593 e. The summed E-state index contributed by atoms with van der Waals surface area (Å²) in [5.74, 6) is 0. The van der Waals surface area contributed by atoms with E-state index in [-0.39, 0.29) is 5.54 Å². The molecule has 0 amide bonds. The maximum atomic E-state index is 6.16. The van der Waals surface area contributed by atoms with Gasteiger partial charge in [0.15, 0.2) is 0 Å². The van der Waals surface area contributed by atoms with E-state index in [2.05, 4.69) is 49.1 Å². The highest BCUT2D eigenvalue weighted by atomic mass is 16.5. The van der Waals surface area contributed by atoms with Crippen LogP contribution in [0.4, 0.5) is 0 Å². The van der Waals surface area contributed by atoms with Crippen molar-refractivity contribution in [1.82, 2.24) is 4.90 Å². The Morgan fingerprint density at radius 1 is 1.15 bits per heavy atom. The number of rotatable bonds is 10. The van der Waals surface area contributed by atoms with E-state index in [1.807, 2.05) is 6.92 Å². The first-order valence-electron chi connectivity index (χ1n) is 7.79. The molecule has 114 valence electrons. The van der Waals surface area contributed by atoms with E-state index in [0.717, 1.165) is 39.1 Å². The summed E-state index contributed by atoms with van der Waals surface area (Å²) in [6, 6.07) is 10.6. The number of nitrogens with two attached hydrogens (primary N) is 1. The number of ether oxygens (including phenoxy) is 1. The number of hydrogen-bond donors (Lipinski definition) is 1. The molecule has 0 saturated carbocycles. The maximum absolute atomic E-state index is 6.16. The van der Waals surface area contributed by atoms with Crippen LogP contribution >= 0.6 is 0 Å². The zero-order valence-corrected chi connectivity index (χ0v) is 13.3. The van der Waals surface area contributed by atoms with Crippen LogP contribution in [0.15, 0.2) is 30.3 Å². The van der Waals surface area contributed by atoms with Crippen molar-refractivity contribution in [1.29, 1.82) is 0 Å². The molecule has 0 aliphatic carbocycles. The van der Waals surface area contributed by atoms with Gasteiger partial charge in [-0.25, -0.2) is 0 Å². The molecular weight excluding hydrogens is 248 g/mol. The van der Waals surface area contributed by atoms with Gasteiger partial charge in [0.2, 0.25) is 0 Å². The SMILES string of the molecule is CCOCCN(CC)C(CC)(CN)Cc1ccccc1. The summed E-state index contributed by atoms with van der Waals surface area (Å²) in [7, 11) is 0. The largest absolute Gasteiger partial charge is 0.380 e. The molecule has 0 spiro atoms. The lowest BCUT2D eigenvalue weighted by molar-refractivity contribution is 0.0491. The Hall–Kier alpha value is -0.900. The highest BCUT2D eigenvalue weighted by Crippen LogP contribution is 2.24. The number of nitrogens with zero attached hydrogens (tertiary/aromatic N) is 1. The average molecular weight is 278 g/mol. The highest BCUT2D eigenvalue weighted by Gasteiger charge is 2.32. The molecule has 1 rings (SSSR count). The van der Waals surface area contributed by atoms with E-state index in [1.54, 1.807) is 0 Å². The third kappa shape index (κ3) is 4.58. The van der Waals surface area contributed by atoms with Gasteiger partial charge in [-0.2, -0.15) is 0 Å². The molecule has 0 aromatic heterocycles. The molecule has 3 heteroatoms. The average Bonchev–Trinajstić information content (AvgIpc) is 2.51. The van der Waals surface area contributed by atoms with Gasteiger partial charge in [0.1, 0.15) is 0 Å². The van der Waals surface area contributed by atoms with Crippen LogP contribution in [-0.4, -0.2) is 43.3 Å². The third-order valence-corrected chi connectivity index (χ3v) is 4.18. The van der Waals surface area contributed by atoms with Crippen LogP contribution in [0.5, 0.6) is 0 Å². The van der Waals surface area contributed by atoms with E-state index in [1.165, 1.54) is 5.56 Å². The fraction of sp³-hybridized carbons (Fsp3) is 0.647. The lowest BCUT2D eigenvalue weighted by Crippen LogP contribution is -2.56. The first kappa shape index (κ1) is 17.2. The second-order valence-electron chi connectivity index (χ2n) is 5.22. The summed E-state index contributed by atoms with van der Waals surface area (Å²) < 4.78 is 5.52. The van der Waals surface area contributed by atoms with Gasteiger partial charge in [-0.05, 0) is 31.9 Å². The first-order valence-corrected chi connectivity index (χ1v) is 7.79. The monoisotopic (exact) mass is 278 g/mol. The molecule has 1 atom stereocenters. The zero-order chi connectivity index (χ0) is 14.8. The van der Waals surface area contributed by atoms with Crippen LogP contribution in [0, 0.1) is 0 Å². The molecule has 1 aromatic carbocycles. The minimum atomic E-state index is 0.0349. The van der Waals surface area contributed by atoms with Crippen molar-refractivity contribution in [2.45, 2.75) is 39.2 Å². The molecule has 20 heavy (non-hydrogen) atoms. The van der Waals surface area contributed by atoms with Crippen LogP contribution in [0.25, 0.3) is 0 Å². The van der Waals surface area contributed by atoms with Crippen molar-refractivity contribution in [3.05, 3.63) is 35.9 Å². The second-order valence-corrected chi connectivity index (χ2v) is 5.22. The van der Waals surface area contributed by atoms with E-state index >= 15 is 0 Å². The topological polar surface area (TPSA) is 38.5 Å². The normalized spacial score (nSPS) is 14.4. The fourth-order valence-corrected chi connectivity index (χ4v) is 2.83. The van der Waals surface area contributed by atoms with Crippen LogP contribution in [0.3, 0.4) is 0 Å². The molecule has 0 bridgehead atoms. The van der Waals surface area contributed by atoms with Gasteiger partial charge < -0.3 is 10.5 Å². The molecule has 0 saturated heterocycles. The molecule has 0 radical (unpaired) electrons. The Kier molecular flexibility index (Phi) is 7.82. The summed E-state index contributed by atoms with van der Waals surface area (Å²) in [6.07, 6.45) is 2.05. The molecule has 0 fully saturated rings. The van der Waals surface area contributed by atoms with E-state index in [9.17, 15) is 0 Å². The van der Waals surface area contributed by atoms with Crippen molar-refractivity contribution in [3.63, 3.8) is 0 Å². The molecule has 2 N–H and O–H groups in total. The van der Waals surface area contributed by atoms with Gasteiger partial charge in [0.05, 0.1) is 6.61 Å². The summed E-state index contributed by atoms with van der Waals surface area (Å²) in [5.41, 5.74) is 7.56. The molecular formula is C17H30N2O. The van der Waals surface area contributed by atoms with E-state index < -0.39 is 0 Å². The standard InChI is InChI=1S/C17H30N2O/c1-4-17(15-18,14-16-10-8-7-9-11-16)19(5-2)12-13-20-6-3/h7-11H,4-6,12-15,18H2,1-3H3. The molecule has 1 unspecified atom stereocenters. The van der Waals surface area contributed by atoms with Crippen LogP contribution in [-0.2, 0) is 11.2 Å². The summed E-state index contributed by atoms with van der Waals surface area (Å²) >= 11 is 0. The summed E-state index contributed by atoms with van der Waals surface area (Å²) in [4.78, 5) is 2.48. The van der Waals surface area contributed by atoms with Crippen LogP contribution in [0.2, 0.25) is 0 Å². The van der Waals surface area contributed by atoms with Gasteiger partial charge in [0.25, 0.3) is 0 Å². The van der Waals surface area contributed by atoms with Crippen LogP contribution in [0.1, 0.15) is 32.8 Å². The van der Waals surface area contributed by atoms with Gasteiger partial charge in [-0.1, -0.05) is 44.2 Å². The van der Waals surface area contributed by atoms with Gasteiger partial charge in [-0.3, -0.25) is 4.90 Å². The molecule has 0 aliphatic rings. The van der Waals surface area contributed by atoms with Crippen LogP contribution < -0.4 is 5.73 Å². The minimum Gasteiger partial charge on any atom is -0.380 e. The van der Waals surface area contributed by atoms with E-state index in [4.69, 9.17) is 10.5 Å². The fourth-order valence-electron chi connectivity index (χ4n) is 2.83. The Morgan fingerprint density at radius 3 is 2.35 bits per heavy atom. The van der Waals surface area contributed by atoms with Crippen molar-refractivity contribution >= 4 is 0 Å². The van der Waals surface area contributed by atoms with Crippen molar-refractivity contribution < 1.29 is 4.74 Å². The van der Waals surface area contributed by atoms with Gasteiger partial charge >= 0.3 is 0 Å². The molecule has 1 aromatic rings. The lowest BCUT2D eigenvalue weighted by atomic mass is 9.86. The first-order chi connectivity index (χ1) is 9.72. The number of likely N-dealkylation sites (N-methyl/N-ethyl adjacent to an activating group) is 1.